The van der Waals surface area contributed by atoms with E-state index in [-0.39, 0.29) is 0 Å². The van der Waals surface area contributed by atoms with Gasteiger partial charge in [0.2, 0.25) is 15.6 Å². The number of aliphatic hydroxyl groups excluding tert-OH is 1. The maximum Gasteiger partial charge on any atom is 0.265 e. The van der Waals surface area contributed by atoms with Crippen LogP contribution >= 0.6 is 0 Å². The molecule has 15 heavy (non-hydrogen) atoms. The van der Waals surface area contributed by atoms with E-state index in [4.69, 9.17) is 5.11 Å². The van der Waals surface area contributed by atoms with E-state index in [0.717, 1.165) is 0 Å². The van der Waals surface area contributed by atoms with Crippen LogP contribution in [-0.4, -0.2) is 45.7 Å². The lowest BCUT2D eigenvalue weighted by atomic mass is 10.4. The van der Waals surface area contributed by atoms with Crippen LogP contribution in [0.5, 0.6) is 0 Å². The van der Waals surface area contributed by atoms with E-state index >= 15 is 0 Å². The standard InChI is InChI=1S/C6H8O7S2/c1-14(9,10)5-3(7)4(8)6(13-5)15(2,11)12/h5,8H,1-2H3. The van der Waals surface area contributed by atoms with Gasteiger partial charge in [0.15, 0.2) is 9.84 Å². The summed E-state index contributed by atoms with van der Waals surface area (Å²) in [6.07, 6.45) is 1.39. The molecule has 0 aromatic rings. The number of hydrogen-bond acceptors (Lipinski definition) is 7. The van der Waals surface area contributed by atoms with Crippen LogP contribution in [-0.2, 0) is 29.2 Å². The van der Waals surface area contributed by atoms with Crippen molar-refractivity contribution in [3.05, 3.63) is 10.9 Å². The topological polar surface area (TPSA) is 115 Å². The Hall–Kier alpha value is -1.09. The molecule has 0 aromatic carbocycles. The Morgan fingerprint density at radius 3 is 1.87 bits per heavy atom. The van der Waals surface area contributed by atoms with Gasteiger partial charge in [-0.3, -0.25) is 4.79 Å². The van der Waals surface area contributed by atoms with Gasteiger partial charge in [-0.05, 0) is 0 Å². The van der Waals surface area contributed by atoms with Gasteiger partial charge in [0.05, 0.1) is 0 Å². The smallest absolute Gasteiger partial charge is 0.265 e. The zero-order valence-corrected chi connectivity index (χ0v) is 9.42. The minimum Gasteiger partial charge on any atom is -0.501 e. The number of ether oxygens (including phenoxy) is 1. The molecular weight excluding hydrogens is 248 g/mol. The van der Waals surface area contributed by atoms with Crippen molar-refractivity contribution in [1.29, 1.82) is 0 Å². The van der Waals surface area contributed by atoms with E-state index in [9.17, 15) is 21.6 Å². The zero-order valence-electron chi connectivity index (χ0n) is 7.79. The summed E-state index contributed by atoms with van der Waals surface area (Å²) < 4.78 is 48.3. The van der Waals surface area contributed by atoms with Crippen LogP contribution in [0.3, 0.4) is 0 Å². The van der Waals surface area contributed by atoms with Crippen LogP contribution in [0.4, 0.5) is 0 Å². The normalized spacial score (nSPS) is 23.1. The van der Waals surface area contributed by atoms with Crippen molar-refractivity contribution in [2.75, 3.05) is 12.5 Å². The fraction of sp³-hybridized carbons (Fsp3) is 0.500. The second-order valence-electron chi connectivity index (χ2n) is 3.05. The van der Waals surface area contributed by atoms with E-state index < -0.39 is 41.7 Å². The van der Waals surface area contributed by atoms with Gasteiger partial charge < -0.3 is 9.84 Å². The minimum atomic E-state index is -3.96. The summed E-state index contributed by atoms with van der Waals surface area (Å²) in [6.45, 7) is 0. The first-order valence-electron chi connectivity index (χ1n) is 3.58. The highest BCUT2D eigenvalue weighted by Gasteiger charge is 2.45. The monoisotopic (exact) mass is 256 g/mol. The van der Waals surface area contributed by atoms with Crippen LogP contribution in [0.2, 0.25) is 0 Å². The first-order chi connectivity index (χ1) is 6.55. The second kappa shape index (κ2) is 3.20. The molecule has 0 spiro atoms. The predicted molar refractivity (Wildman–Crippen MR) is 49.2 cm³/mol. The summed E-state index contributed by atoms with van der Waals surface area (Å²) in [6, 6.07) is 0. The lowest BCUT2D eigenvalue weighted by molar-refractivity contribution is -0.119. The Morgan fingerprint density at radius 2 is 1.67 bits per heavy atom. The molecule has 1 aliphatic rings. The third-order valence-corrected chi connectivity index (χ3v) is 3.63. The summed E-state index contributed by atoms with van der Waals surface area (Å²) in [4.78, 5) is 11.1. The molecule has 1 unspecified atom stereocenters. The zero-order chi connectivity index (χ0) is 12.0. The highest BCUT2D eigenvalue weighted by molar-refractivity contribution is 7.94. The number of carbonyl (C=O) groups excluding carboxylic acids is 1. The molecule has 1 aliphatic heterocycles. The van der Waals surface area contributed by atoms with Crippen LogP contribution < -0.4 is 0 Å². The Balaban J connectivity index is 3.27. The molecule has 0 aliphatic carbocycles. The molecule has 0 saturated carbocycles. The number of ketones is 1. The van der Waals surface area contributed by atoms with E-state index in [1.165, 1.54) is 0 Å². The van der Waals surface area contributed by atoms with E-state index in [2.05, 4.69) is 4.74 Å². The largest absolute Gasteiger partial charge is 0.501 e. The SMILES string of the molecule is CS(=O)(=O)C1=C(O)C(=O)C(S(C)(=O)=O)O1. The van der Waals surface area contributed by atoms with Crippen LogP contribution in [0.15, 0.2) is 10.9 Å². The van der Waals surface area contributed by atoms with Gasteiger partial charge in [0, 0.05) is 12.5 Å². The fourth-order valence-electron chi connectivity index (χ4n) is 0.964. The molecule has 0 radical (unpaired) electrons. The Bertz CT molecular complexity index is 536. The fourth-order valence-corrected chi connectivity index (χ4v) is 2.52. The van der Waals surface area contributed by atoms with Gasteiger partial charge in [-0.15, -0.1) is 0 Å². The maximum atomic E-state index is 11.1. The summed E-state index contributed by atoms with van der Waals surface area (Å²) >= 11 is 0. The van der Waals surface area contributed by atoms with E-state index in [1.807, 2.05) is 0 Å². The molecule has 0 bridgehead atoms. The molecule has 9 heteroatoms. The number of rotatable bonds is 2. The lowest BCUT2D eigenvalue weighted by Crippen LogP contribution is -2.27. The van der Waals surface area contributed by atoms with Crippen LogP contribution in [0, 0.1) is 0 Å². The van der Waals surface area contributed by atoms with Gasteiger partial charge in [-0.2, -0.15) is 0 Å². The van der Waals surface area contributed by atoms with Crippen molar-refractivity contribution < 1.29 is 31.5 Å². The van der Waals surface area contributed by atoms with Gasteiger partial charge in [-0.1, -0.05) is 0 Å². The summed E-state index contributed by atoms with van der Waals surface area (Å²) in [7, 11) is -7.87. The van der Waals surface area contributed by atoms with Crippen molar-refractivity contribution in [3.8, 4) is 0 Å². The summed E-state index contributed by atoms with van der Waals surface area (Å²) in [5, 5.41) is 8.09. The highest BCUT2D eigenvalue weighted by Crippen LogP contribution is 2.26. The number of hydrogen-bond donors (Lipinski definition) is 1. The molecular formula is C6H8O7S2. The molecule has 0 saturated heterocycles. The molecule has 7 nitrogen and oxygen atoms in total. The molecule has 1 rings (SSSR count). The molecule has 1 atom stereocenters. The number of carbonyl (C=O) groups is 1. The lowest BCUT2D eigenvalue weighted by Gasteiger charge is -2.07. The number of Topliss-reactive ketones (excluding diaryl/α,β-unsaturated/α-hetero) is 1. The second-order valence-corrected chi connectivity index (χ2v) is 7.05. The van der Waals surface area contributed by atoms with Crippen molar-refractivity contribution in [3.63, 3.8) is 0 Å². The Labute approximate surface area is 86.2 Å². The van der Waals surface area contributed by atoms with Gasteiger partial charge in [0.25, 0.3) is 16.3 Å². The number of aliphatic hydroxyl groups is 1. The molecule has 0 amide bonds. The highest BCUT2D eigenvalue weighted by atomic mass is 32.2. The maximum absolute atomic E-state index is 11.1. The summed E-state index contributed by atoms with van der Waals surface area (Å²) in [5.41, 5.74) is -1.97. The third kappa shape index (κ3) is 2.12. The van der Waals surface area contributed by atoms with Crippen molar-refractivity contribution in [2.45, 2.75) is 5.44 Å². The predicted octanol–water partition coefficient (Wildman–Crippen LogP) is -1.27. The molecule has 1 heterocycles. The minimum absolute atomic E-state index is 0.691. The molecule has 0 fully saturated rings. The van der Waals surface area contributed by atoms with Gasteiger partial charge in [-0.25, -0.2) is 16.8 Å². The third-order valence-electron chi connectivity index (χ3n) is 1.58. The number of sulfone groups is 2. The first-order valence-corrected chi connectivity index (χ1v) is 7.43. The van der Waals surface area contributed by atoms with Gasteiger partial charge in [0.1, 0.15) is 0 Å². The van der Waals surface area contributed by atoms with Crippen LogP contribution in [0.25, 0.3) is 0 Å². The quantitative estimate of drug-likeness (QED) is 0.654. The average Bonchev–Trinajstić information content (AvgIpc) is 2.26. The molecule has 1 N–H and O–H groups in total. The van der Waals surface area contributed by atoms with Crippen molar-refractivity contribution >= 4 is 25.5 Å². The summed E-state index contributed by atoms with van der Waals surface area (Å²) in [5.74, 6) is -2.44. The van der Waals surface area contributed by atoms with Gasteiger partial charge >= 0.3 is 0 Å². The first kappa shape index (κ1) is 12.0. The Kier molecular flexibility index (Phi) is 2.56. The molecule has 0 aromatic heterocycles. The van der Waals surface area contributed by atoms with Crippen LogP contribution in [0.1, 0.15) is 0 Å². The van der Waals surface area contributed by atoms with Crippen molar-refractivity contribution in [1.82, 2.24) is 0 Å². The van der Waals surface area contributed by atoms with E-state index in [0.29, 0.717) is 12.5 Å². The Morgan fingerprint density at radius 1 is 1.20 bits per heavy atom. The average molecular weight is 256 g/mol. The van der Waals surface area contributed by atoms with E-state index in [1.54, 1.807) is 0 Å². The van der Waals surface area contributed by atoms with Crippen molar-refractivity contribution in [2.24, 2.45) is 0 Å². The molecule has 86 valence electrons.